The molecule has 3 atom stereocenters. The summed E-state index contributed by atoms with van der Waals surface area (Å²) in [6.07, 6.45) is 12.1. The number of allylic oxidation sites excluding steroid dienone is 2. The number of hydrogen-bond acceptors (Lipinski definition) is 3. The molecule has 4 heteroatoms. The van der Waals surface area contributed by atoms with Crippen molar-refractivity contribution in [2.24, 2.45) is 11.3 Å². The van der Waals surface area contributed by atoms with Gasteiger partial charge in [0.15, 0.2) is 0 Å². The Balaban J connectivity index is 1.33. The first-order valence-corrected chi connectivity index (χ1v) is 9.29. The molecule has 1 saturated carbocycles. The van der Waals surface area contributed by atoms with Crippen LogP contribution in [0.1, 0.15) is 51.9 Å². The molecule has 2 aliphatic carbocycles. The summed E-state index contributed by atoms with van der Waals surface area (Å²) in [5.74, 6) is 1.12. The second-order valence-corrected chi connectivity index (χ2v) is 8.35. The van der Waals surface area contributed by atoms with E-state index in [0.717, 1.165) is 57.7 Å². The molecule has 0 aromatic carbocycles. The molecule has 2 heterocycles. The molecule has 4 rings (SSSR count). The average molecular weight is 319 g/mol. The van der Waals surface area contributed by atoms with Crippen molar-refractivity contribution in [2.45, 2.75) is 63.6 Å². The molecule has 0 radical (unpaired) electrons. The van der Waals surface area contributed by atoms with Gasteiger partial charge in [-0.3, -0.25) is 4.79 Å². The zero-order chi connectivity index (χ0) is 15.9. The van der Waals surface area contributed by atoms with E-state index < -0.39 is 0 Å². The third-order valence-electron chi connectivity index (χ3n) is 6.16. The lowest BCUT2D eigenvalue weighted by Gasteiger charge is -2.34. The van der Waals surface area contributed by atoms with Gasteiger partial charge in [-0.25, -0.2) is 0 Å². The third-order valence-corrected chi connectivity index (χ3v) is 6.16. The van der Waals surface area contributed by atoms with Crippen LogP contribution in [0.2, 0.25) is 0 Å². The Bertz CT molecular complexity index is 501. The van der Waals surface area contributed by atoms with Crippen LogP contribution >= 0.6 is 0 Å². The summed E-state index contributed by atoms with van der Waals surface area (Å²) in [5, 5.41) is 0. The predicted octanol–water partition coefficient (Wildman–Crippen LogP) is 2.92. The molecule has 128 valence electrons. The summed E-state index contributed by atoms with van der Waals surface area (Å²) in [6.45, 7) is 5.33. The molecule has 0 aromatic heterocycles. The maximum Gasteiger partial charge on any atom is 0.228 e. The number of carbonyl (C=O) groups excluding carboxylic acids is 1. The van der Waals surface area contributed by atoms with Crippen molar-refractivity contribution in [1.29, 1.82) is 0 Å². The summed E-state index contributed by atoms with van der Waals surface area (Å²) in [5.41, 5.74) is -0.342. The number of nitrogens with zero attached hydrogens (tertiary/aromatic N) is 1. The van der Waals surface area contributed by atoms with Gasteiger partial charge in [0.25, 0.3) is 0 Å². The number of rotatable bonds is 4. The van der Waals surface area contributed by atoms with Crippen molar-refractivity contribution in [3.63, 3.8) is 0 Å². The van der Waals surface area contributed by atoms with Gasteiger partial charge in [-0.2, -0.15) is 0 Å². The van der Waals surface area contributed by atoms with Gasteiger partial charge in [0, 0.05) is 26.1 Å². The lowest BCUT2D eigenvalue weighted by Crippen LogP contribution is -2.44. The van der Waals surface area contributed by atoms with Gasteiger partial charge >= 0.3 is 0 Å². The number of hydrogen-bond donors (Lipinski definition) is 0. The van der Waals surface area contributed by atoms with Crippen LogP contribution in [0, 0.1) is 11.3 Å². The van der Waals surface area contributed by atoms with Gasteiger partial charge in [0.2, 0.25) is 5.91 Å². The molecular weight excluding hydrogens is 290 g/mol. The number of likely N-dealkylation sites (tertiary alicyclic amines) is 1. The Morgan fingerprint density at radius 2 is 2.22 bits per heavy atom. The van der Waals surface area contributed by atoms with Crippen molar-refractivity contribution in [3.05, 3.63) is 12.2 Å². The summed E-state index contributed by atoms with van der Waals surface area (Å²) < 4.78 is 12.1. The smallest absolute Gasteiger partial charge is 0.228 e. The van der Waals surface area contributed by atoms with E-state index in [0.29, 0.717) is 12.5 Å². The SMILES string of the molecule is CC1(C(=O)N2CCC3(CC(OCC4CC4)CO3)C2)CC=CCC1. The maximum absolute atomic E-state index is 13.0. The molecular formula is C19H29NO3. The largest absolute Gasteiger partial charge is 0.375 e. The van der Waals surface area contributed by atoms with Gasteiger partial charge < -0.3 is 14.4 Å². The Morgan fingerprint density at radius 3 is 2.96 bits per heavy atom. The summed E-state index contributed by atoms with van der Waals surface area (Å²) in [6, 6.07) is 0. The van der Waals surface area contributed by atoms with Crippen LogP contribution in [0.5, 0.6) is 0 Å². The minimum atomic E-state index is -0.208. The van der Waals surface area contributed by atoms with E-state index in [-0.39, 0.29) is 17.1 Å². The van der Waals surface area contributed by atoms with E-state index in [1.165, 1.54) is 12.8 Å². The normalized spacial score (nSPS) is 40.2. The van der Waals surface area contributed by atoms with Crippen molar-refractivity contribution >= 4 is 5.91 Å². The Morgan fingerprint density at radius 1 is 1.35 bits per heavy atom. The fourth-order valence-corrected chi connectivity index (χ4v) is 4.31. The molecule has 4 aliphatic rings. The Hall–Kier alpha value is -0.870. The van der Waals surface area contributed by atoms with Crippen LogP contribution in [0.15, 0.2) is 12.2 Å². The lowest BCUT2D eigenvalue weighted by atomic mass is 9.78. The van der Waals surface area contributed by atoms with Crippen molar-refractivity contribution in [2.75, 3.05) is 26.3 Å². The minimum absolute atomic E-state index is 0.134. The average Bonchev–Trinajstić information content (AvgIpc) is 3.18. The summed E-state index contributed by atoms with van der Waals surface area (Å²) in [7, 11) is 0. The van der Waals surface area contributed by atoms with Crippen LogP contribution in [-0.2, 0) is 14.3 Å². The van der Waals surface area contributed by atoms with Gasteiger partial charge in [0.05, 0.1) is 23.7 Å². The molecule has 1 spiro atoms. The molecule has 4 nitrogen and oxygen atoms in total. The van der Waals surface area contributed by atoms with Crippen molar-refractivity contribution in [3.8, 4) is 0 Å². The monoisotopic (exact) mass is 319 g/mol. The van der Waals surface area contributed by atoms with Gasteiger partial charge in [-0.05, 0) is 44.4 Å². The van der Waals surface area contributed by atoms with E-state index in [4.69, 9.17) is 9.47 Å². The first-order valence-electron chi connectivity index (χ1n) is 9.29. The topological polar surface area (TPSA) is 38.8 Å². The Labute approximate surface area is 139 Å². The van der Waals surface area contributed by atoms with E-state index in [2.05, 4.69) is 24.0 Å². The van der Waals surface area contributed by atoms with Crippen LogP contribution in [-0.4, -0.2) is 48.8 Å². The highest BCUT2D eigenvalue weighted by molar-refractivity contribution is 5.83. The molecule has 3 fully saturated rings. The second-order valence-electron chi connectivity index (χ2n) is 8.35. The maximum atomic E-state index is 13.0. The zero-order valence-corrected chi connectivity index (χ0v) is 14.3. The van der Waals surface area contributed by atoms with Gasteiger partial charge in [-0.1, -0.05) is 19.1 Å². The Kier molecular flexibility index (Phi) is 4.01. The van der Waals surface area contributed by atoms with E-state index in [9.17, 15) is 4.79 Å². The number of ether oxygens (including phenoxy) is 2. The van der Waals surface area contributed by atoms with E-state index in [1.807, 2.05) is 0 Å². The first-order chi connectivity index (χ1) is 11.1. The molecule has 0 bridgehead atoms. The van der Waals surface area contributed by atoms with Crippen molar-refractivity contribution in [1.82, 2.24) is 4.90 Å². The van der Waals surface area contributed by atoms with E-state index >= 15 is 0 Å². The van der Waals surface area contributed by atoms with Crippen LogP contribution in [0.4, 0.5) is 0 Å². The molecule has 0 N–H and O–H groups in total. The standard InChI is InChI=1S/C19H29NO3/c1-18(7-3-2-4-8-18)17(21)20-10-9-19(14-20)11-16(13-23-19)22-12-15-5-6-15/h2-3,15-16H,4-14H2,1H3. The van der Waals surface area contributed by atoms with E-state index in [1.54, 1.807) is 0 Å². The molecule has 2 saturated heterocycles. The molecule has 23 heavy (non-hydrogen) atoms. The molecule has 2 aliphatic heterocycles. The van der Waals surface area contributed by atoms with Crippen LogP contribution < -0.4 is 0 Å². The van der Waals surface area contributed by atoms with Gasteiger partial charge in [0.1, 0.15) is 0 Å². The highest BCUT2D eigenvalue weighted by Gasteiger charge is 2.49. The van der Waals surface area contributed by atoms with Crippen molar-refractivity contribution < 1.29 is 14.3 Å². The van der Waals surface area contributed by atoms with Gasteiger partial charge in [-0.15, -0.1) is 0 Å². The first kappa shape index (κ1) is 15.6. The molecule has 1 amide bonds. The minimum Gasteiger partial charge on any atom is -0.375 e. The van der Waals surface area contributed by atoms with Crippen LogP contribution in [0.25, 0.3) is 0 Å². The fourth-order valence-electron chi connectivity index (χ4n) is 4.31. The summed E-state index contributed by atoms with van der Waals surface area (Å²) >= 11 is 0. The molecule has 3 unspecified atom stereocenters. The zero-order valence-electron chi connectivity index (χ0n) is 14.3. The second kappa shape index (κ2) is 5.89. The highest BCUT2D eigenvalue weighted by atomic mass is 16.6. The fraction of sp³-hybridized carbons (Fsp3) is 0.842. The third kappa shape index (κ3) is 3.20. The lowest BCUT2D eigenvalue weighted by molar-refractivity contribution is -0.141. The predicted molar refractivity (Wildman–Crippen MR) is 88.1 cm³/mol. The molecule has 0 aromatic rings. The quantitative estimate of drug-likeness (QED) is 0.748. The summed E-state index contributed by atoms with van der Waals surface area (Å²) in [4.78, 5) is 15.0. The highest BCUT2D eigenvalue weighted by Crippen LogP contribution is 2.41. The number of amides is 1. The number of carbonyl (C=O) groups is 1. The van der Waals surface area contributed by atoms with Crippen LogP contribution in [0.3, 0.4) is 0 Å².